The van der Waals surface area contributed by atoms with Gasteiger partial charge in [-0.2, -0.15) is 4.98 Å². The van der Waals surface area contributed by atoms with Crippen molar-refractivity contribution < 1.29 is 13.2 Å². The standard InChI is InChI=1S/C10H7F3N4/c11-5-1-6(12)3-7(2-5)16-9-8(13)4-15-10(14)17-9/h1-4H,(H3,14,15,16,17). The van der Waals surface area contributed by atoms with Crippen molar-refractivity contribution in [2.45, 2.75) is 0 Å². The summed E-state index contributed by atoms with van der Waals surface area (Å²) in [6, 6.07) is 2.71. The zero-order valence-corrected chi connectivity index (χ0v) is 8.42. The Labute approximate surface area is 94.3 Å². The number of hydrogen-bond donors (Lipinski definition) is 2. The molecule has 1 heterocycles. The van der Waals surface area contributed by atoms with Crippen LogP contribution < -0.4 is 11.1 Å². The van der Waals surface area contributed by atoms with Gasteiger partial charge in [0.15, 0.2) is 11.6 Å². The Morgan fingerprint density at radius 3 is 2.35 bits per heavy atom. The van der Waals surface area contributed by atoms with E-state index in [1.165, 1.54) is 0 Å². The van der Waals surface area contributed by atoms with Crippen LogP contribution in [0, 0.1) is 17.5 Å². The normalized spacial score (nSPS) is 10.3. The van der Waals surface area contributed by atoms with Crippen LogP contribution >= 0.6 is 0 Å². The van der Waals surface area contributed by atoms with E-state index < -0.39 is 17.5 Å². The molecule has 0 aliphatic carbocycles. The highest BCUT2D eigenvalue weighted by Gasteiger charge is 2.07. The Hall–Kier alpha value is -2.31. The van der Waals surface area contributed by atoms with Crippen LogP contribution in [0.4, 0.5) is 30.6 Å². The number of nitrogens with two attached hydrogens (primary N) is 1. The van der Waals surface area contributed by atoms with Crippen molar-refractivity contribution in [1.82, 2.24) is 9.97 Å². The van der Waals surface area contributed by atoms with Crippen molar-refractivity contribution in [2.24, 2.45) is 0 Å². The molecule has 0 amide bonds. The molecule has 0 saturated carbocycles. The number of rotatable bonds is 2. The number of nitrogen functional groups attached to an aromatic ring is 1. The second-order valence-electron chi connectivity index (χ2n) is 3.21. The summed E-state index contributed by atoms with van der Waals surface area (Å²) in [5.74, 6) is -2.73. The lowest BCUT2D eigenvalue weighted by atomic mass is 10.3. The molecule has 0 bridgehead atoms. The Morgan fingerprint density at radius 1 is 1.06 bits per heavy atom. The van der Waals surface area contributed by atoms with E-state index in [0.717, 1.165) is 18.3 Å². The summed E-state index contributed by atoms with van der Waals surface area (Å²) in [5, 5.41) is 2.41. The van der Waals surface area contributed by atoms with Gasteiger partial charge in [-0.3, -0.25) is 0 Å². The number of benzene rings is 1. The van der Waals surface area contributed by atoms with Gasteiger partial charge >= 0.3 is 0 Å². The Kier molecular flexibility index (Phi) is 2.82. The topological polar surface area (TPSA) is 63.8 Å². The maximum absolute atomic E-state index is 13.2. The van der Waals surface area contributed by atoms with E-state index >= 15 is 0 Å². The number of nitrogens with one attached hydrogen (secondary N) is 1. The maximum Gasteiger partial charge on any atom is 0.222 e. The summed E-state index contributed by atoms with van der Waals surface area (Å²) in [5.41, 5.74) is 5.29. The molecule has 0 saturated heterocycles. The van der Waals surface area contributed by atoms with Gasteiger partial charge in [-0.15, -0.1) is 0 Å². The molecule has 7 heteroatoms. The zero-order chi connectivity index (χ0) is 12.4. The molecule has 1 aromatic heterocycles. The number of hydrogen-bond acceptors (Lipinski definition) is 4. The van der Waals surface area contributed by atoms with Gasteiger partial charge in [0, 0.05) is 11.8 Å². The molecule has 0 radical (unpaired) electrons. The van der Waals surface area contributed by atoms with Crippen LogP contribution in [-0.4, -0.2) is 9.97 Å². The van der Waals surface area contributed by atoms with Gasteiger partial charge in [-0.25, -0.2) is 18.2 Å². The largest absolute Gasteiger partial charge is 0.368 e. The summed E-state index contributed by atoms with van der Waals surface area (Å²) in [6.07, 6.45) is 0.861. The molecule has 2 aromatic rings. The second kappa shape index (κ2) is 4.28. The SMILES string of the molecule is Nc1ncc(F)c(Nc2cc(F)cc(F)c2)n1. The fraction of sp³-hybridized carbons (Fsp3) is 0. The van der Waals surface area contributed by atoms with E-state index in [1.807, 2.05) is 0 Å². The third kappa shape index (κ3) is 2.63. The lowest BCUT2D eigenvalue weighted by Crippen LogP contribution is -2.02. The molecule has 0 unspecified atom stereocenters. The van der Waals surface area contributed by atoms with Crippen molar-refractivity contribution in [3.8, 4) is 0 Å². The highest BCUT2D eigenvalue weighted by atomic mass is 19.1. The van der Waals surface area contributed by atoms with E-state index in [1.54, 1.807) is 0 Å². The van der Waals surface area contributed by atoms with Gasteiger partial charge in [0.1, 0.15) is 11.6 Å². The van der Waals surface area contributed by atoms with Gasteiger partial charge in [-0.05, 0) is 12.1 Å². The molecule has 88 valence electrons. The molecule has 0 aliphatic heterocycles. The first-order chi connectivity index (χ1) is 8.04. The number of nitrogens with zero attached hydrogens (tertiary/aromatic N) is 2. The summed E-state index contributed by atoms with van der Waals surface area (Å²) in [6.45, 7) is 0. The second-order valence-corrected chi connectivity index (χ2v) is 3.21. The number of halogens is 3. The smallest absolute Gasteiger partial charge is 0.222 e. The lowest BCUT2D eigenvalue weighted by Gasteiger charge is -2.07. The van der Waals surface area contributed by atoms with E-state index in [2.05, 4.69) is 15.3 Å². The van der Waals surface area contributed by atoms with Gasteiger partial charge in [0.05, 0.1) is 6.20 Å². The first-order valence-electron chi connectivity index (χ1n) is 4.56. The quantitative estimate of drug-likeness (QED) is 0.844. The molecule has 2 rings (SSSR count). The molecule has 17 heavy (non-hydrogen) atoms. The van der Waals surface area contributed by atoms with Crippen LogP contribution in [0.3, 0.4) is 0 Å². The third-order valence-corrected chi connectivity index (χ3v) is 1.89. The van der Waals surface area contributed by atoms with Gasteiger partial charge in [-0.1, -0.05) is 0 Å². The summed E-state index contributed by atoms with van der Waals surface area (Å²) in [7, 11) is 0. The van der Waals surface area contributed by atoms with Crippen molar-refractivity contribution >= 4 is 17.5 Å². The van der Waals surface area contributed by atoms with E-state index in [9.17, 15) is 13.2 Å². The van der Waals surface area contributed by atoms with Crippen LogP contribution in [0.2, 0.25) is 0 Å². The molecule has 3 N–H and O–H groups in total. The minimum Gasteiger partial charge on any atom is -0.368 e. The first kappa shape index (κ1) is 11.2. The fourth-order valence-electron chi connectivity index (χ4n) is 1.23. The zero-order valence-electron chi connectivity index (χ0n) is 8.42. The number of anilines is 3. The van der Waals surface area contributed by atoms with Crippen LogP contribution in [-0.2, 0) is 0 Å². The molecular weight excluding hydrogens is 233 g/mol. The van der Waals surface area contributed by atoms with Gasteiger partial charge in [0.2, 0.25) is 5.95 Å². The predicted octanol–water partition coefficient (Wildman–Crippen LogP) is 2.22. The highest BCUT2D eigenvalue weighted by Crippen LogP contribution is 2.19. The monoisotopic (exact) mass is 240 g/mol. The average molecular weight is 240 g/mol. The van der Waals surface area contributed by atoms with Crippen LogP contribution in [0.5, 0.6) is 0 Å². The Balaban J connectivity index is 2.34. The molecule has 0 aliphatic rings. The van der Waals surface area contributed by atoms with Crippen LogP contribution in [0.1, 0.15) is 0 Å². The fourth-order valence-corrected chi connectivity index (χ4v) is 1.23. The van der Waals surface area contributed by atoms with E-state index in [4.69, 9.17) is 5.73 Å². The average Bonchev–Trinajstić information content (AvgIpc) is 2.22. The van der Waals surface area contributed by atoms with Crippen LogP contribution in [0.15, 0.2) is 24.4 Å². The van der Waals surface area contributed by atoms with E-state index in [0.29, 0.717) is 6.07 Å². The minimum atomic E-state index is -0.782. The Bertz CT molecular complexity index is 539. The molecule has 4 nitrogen and oxygen atoms in total. The molecule has 0 atom stereocenters. The van der Waals surface area contributed by atoms with Crippen molar-refractivity contribution in [3.63, 3.8) is 0 Å². The van der Waals surface area contributed by atoms with Crippen molar-refractivity contribution in [3.05, 3.63) is 41.8 Å². The third-order valence-electron chi connectivity index (χ3n) is 1.89. The lowest BCUT2D eigenvalue weighted by molar-refractivity contribution is 0.584. The summed E-state index contributed by atoms with van der Waals surface area (Å²) < 4.78 is 39.0. The van der Waals surface area contributed by atoms with Crippen molar-refractivity contribution in [1.29, 1.82) is 0 Å². The summed E-state index contributed by atoms with van der Waals surface area (Å²) >= 11 is 0. The number of aromatic nitrogens is 2. The van der Waals surface area contributed by atoms with Gasteiger partial charge < -0.3 is 11.1 Å². The van der Waals surface area contributed by atoms with Gasteiger partial charge in [0.25, 0.3) is 0 Å². The van der Waals surface area contributed by atoms with E-state index in [-0.39, 0.29) is 17.5 Å². The molecular formula is C10H7F3N4. The van der Waals surface area contributed by atoms with Crippen LogP contribution in [0.25, 0.3) is 0 Å². The highest BCUT2D eigenvalue weighted by molar-refractivity contribution is 5.57. The summed E-state index contributed by atoms with van der Waals surface area (Å²) in [4.78, 5) is 6.98. The predicted molar refractivity (Wildman–Crippen MR) is 56.0 cm³/mol. The Morgan fingerprint density at radius 2 is 1.71 bits per heavy atom. The molecule has 0 fully saturated rings. The first-order valence-corrected chi connectivity index (χ1v) is 4.56. The minimum absolute atomic E-state index is 0.0273. The maximum atomic E-state index is 13.2. The molecule has 1 aromatic carbocycles. The molecule has 0 spiro atoms. The van der Waals surface area contributed by atoms with Crippen molar-refractivity contribution in [2.75, 3.05) is 11.1 Å².